The van der Waals surface area contributed by atoms with Gasteiger partial charge >= 0.3 is 6.18 Å². The smallest absolute Gasteiger partial charge is 0.293 e. The summed E-state index contributed by atoms with van der Waals surface area (Å²) in [7, 11) is 0. The molecule has 0 aliphatic carbocycles. The van der Waals surface area contributed by atoms with E-state index in [1.54, 1.807) is 18.2 Å². The molecular weight excluding hydrogens is 349 g/mol. The molecule has 0 bridgehead atoms. The predicted octanol–water partition coefficient (Wildman–Crippen LogP) is 2.81. The Morgan fingerprint density at radius 3 is 2.24 bits per heavy atom. The Morgan fingerprint density at radius 1 is 1.10 bits per heavy atom. The van der Waals surface area contributed by atoms with Crippen LogP contribution in [0, 0.1) is 0 Å². The van der Waals surface area contributed by atoms with E-state index >= 15 is 0 Å². The molecule has 7 heteroatoms. The molecule has 21 heavy (non-hydrogen) atoms. The van der Waals surface area contributed by atoms with Crippen molar-refractivity contribution in [2.45, 2.75) is 6.18 Å². The number of Topliss-reactive ketones (excluding diaryl/α,β-unsaturated/α-hetero) is 1. The van der Waals surface area contributed by atoms with E-state index < -0.39 is 12.7 Å². The molecule has 0 amide bonds. The zero-order chi connectivity index (χ0) is 15.5. The van der Waals surface area contributed by atoms with Crippen LogP contribution < -0.4 is 0 Å². The van der Waals surface area contributed by atoms with Gasteiger partial charge in [0, 0.05) is 36.2 Å². The second-order valence-electron chi connectivity index (χ2n) is 5.07. The molecule has 0 spiro atoms. The van der Waals surface area contributed by atoms with Gasteiger partial charge in [-0.05, 0) is 6.07 Å². The number of carbonyl (C=O) groups is 1. The van der Waals surface area contributed by atoms with Gasteiger partial charge in [0.25, 0.3) is 0 Å². The van der Waals surface area contributed by atoms with Crippen LogP contribution in [0.2, 0.25) is 0 Å². The number of carbonyl (C=O) groups excluding carboxylic acids is 1. The van der Waals surface area contributed by atoms with Gasteiger partial charge in [0.15, 0.2) is 5.78 Å². The molecule has 1 heterocycles. The van der Waals surface area contributed by atoms with Gasteiger partial charge in [-0.2, -0.15) is 13.2 Å². The molecule has 0 saturated carbocycles. The molecule has 116 valence electrons. The van der Waals surface area contributed by atoms with Gasteiger partial charge in [0.05, 0.1) is 13.1 Å². The van der Waals surface area contributed by atoms with Gasteiger partial charge in [0.2, 0.25) is 0 Å². The summed E-state index contributed by atoms with van der Waals surface area (Å²) in [5.41, 5.74) is 0.607. The first-order chi connectivity index (χ1) is 9.85. The Morgan fingerprint density at radius 2 is 1.67 bits per heavy atom. The average Bonchev–Trinajstić information content (AvgIpc) is 2.40. The second-order valence-corrected chi connectivity index (χ2v) is 5.92. The summed E-state index contributed by atoms with van der Waals surface area (Å²) in [5, 5.41) is 0. The number of hydrogen-bond donors (Lipinski definition) is 0. The SMILES string of the molecule is O=C(CN1CCN(CC(F)(F)F)CC1)c1ccccc1Br. The molecule has 0 unspecified atom stereocenters. The highest BCUT2D eigenvalue weighted by Crippen LogP contribution is 2.19. The van der Waals surface area contributed by atoms with E-state index in [-0.39, 0.29) is 12.3 Å². The van der Waals surface area contributed by atoms with E-state index in [4.69, 9.17) is 0 Å². The van der Waals surface area contributed by atoms with Crippen LogP contribution in [0.3, 0.4) is 0 Å². The van der Waals surface area contributed by atoms with E-state index in [1.807, 2.05) is 11.0 Å². The van der Waals surface area contributed by atoms with Crippen LogP contribution in [-0.4, -0.2) is 61.0 Å². The zero-order valence-electron chi connectivity index (χ0n) is 11.4. The van der Waals surface area contributed by atoms with Crippen LogP contribution in [0.4, 0.5) is 13.2 Å². The number of hydrogen-bond acceptors (Lipinski definition) is 3. The molecule has 3 nitrogen and oxygen atoms in total. The number of benzene rings is 1. The summed E-state index contributed by atoms with van der Waals surface area (Å²) >= 11 is 3.33. The minimum atomic E-state index is -4.16. The maximum absolute atomic E-state index is 12.3. The highest BCUT2D eigenvalue weighted by molar-refractivity contribution is 9.10. The number of rotatable bonds is 4. The normalized spacial score (nSPS) is 17.9. The summed E-state index contributed by atoms with van der Waals surface area (Å²) < 4.78 is 37.6. The first-order valence-electron chi connectivity index (χ1n) is 6.64. The third kappa shape index (κ3) is 5.09. The van der Waals surface area contributed by atoms with Gasteiger partial charge < -0.3 is 0 Å². The first-order valence-corrected chi connectivity index (χ1v) is 7.43. The Kier molecular flexibility index (Phi) is 5.40. The highest BCUT2D eigenvalue weighted by atomic mass is 79.9. The molecule has 0 N–H and O–H groups in total. The second kappa shape index (κ2) is 6.89. The van der Waals surface area contributed by atoms with Crippen molar-refractivity contribution in [1.29, 1.82) is 0 Å². The molecule has 1 aromatic rings. The van der Waals surface area contributed by atoms with Crippen molar-refractivity contribution >= 4 is 21.7 Å². The summed E-state index contributed by atoms with van der Waals surface area (Å²) in [6.45, 7) is 0.992. The quantitative estimate of drug-likeness (QED) is 0.767. The van der Waals surface area contributed by atoms with Crippen LogP contribution in [0.5, 0.6) is 0 Å². The lowest BCUT2D eigenvalue weighted by atomic mass is 10.1. The number of ketones is 1. The maximum atomic E-state index is 12.3. The third-order valence-corrected chi connectivity index (χ3v) is 4.10. The van der Waals surface area contributed by atoms with Crippen molar-refractivity contribution in [3.8, 4) is 0 Å². The molecule has 1 aliphatic heterocycles. The van der Waals surface area contributed by atoms with Crippen molar-refractivity contribution in [2.24, 2.45) is 0 Å². The first kappa shape index (κ1) is 16.5. The van der Waals surface area contributed by atoms with Gasteiger partial charge in [-0.1, -0.05) is 34.1 Å². The van der Waals surface area contributed by atoms with E-state index in [0.717, 1.165) is 4.47 Å². The van der Waals surface area contributed by atoms with Gasteiger partial charge in [-0.25, -0.2) is 0 Å². The Hall–Kier alpha value is -0.920. The summed E-state index contributed by atoms with van der Waals surface area (Å²) in [6, 6.07) is 7.16. The van der Waals surface area contributed by atoms with Crippen LogP contribution in [0.1, 0.15) is 10.4 Å². The van der Waals surface area contributed by atoms with Crippen molar-refractivity contribution in [3.63, 3.8) is 0 Å². The zero-order valence-corrected chi connectivity index (χ0v) is 13.0. The molecule has 2 rings (SSSR count). The Labute approximate surface area is 129 Å². The maximum Gasteiger partial charge on any atom is 0.401 e. The lowest BCUT2D eigenvalue weighted by Crippen LogP contribution is -2.50. The Bertz CT molecular complexity index is 499. The number of alkyl halides is 3. The fraction of sp³-hybridized carbons (Fsp3) is 0.500. The van der Waals surface area contributed by atoms with Crippen LogP contribution in [0.15, 0.2) is 28.7 Å². The van der Waals surface area contributed by atoms with Gasteiger partial charge in [0.1, 0.15) is 0 Å². The fourth-order valence-corrected chi connectivity index (χ4v) is 2.84. The fourth-order valence-electron chi connectivity index (χ4n) is 2.33. The van der Waals surface area contributed by atoms with E-state index in [2.05, 4.69) is 15.9 Å². The highest BCUT2D eigenvalue weighted by Gasteiger charge is 2.32. The van der Waals surface area contributed by atoms with E-state index in [9.17, 15) is 18.0 Å². The van der Waals surface area contributed by atoms with E-state index in [0.29, 0.717) is 31.7 Å². The molecule has 0 atom stereocenters. The van der Waals surface area contributed by atoms with Crippen LogP contribution in [-0.2, 0) is 0 Å². The topological polar surface area (TPSA) is 23.6 Å². The van der Waals surface area contributed by atoms with Crippen LogP contribution in [0.25, 0.3) is 0 Å². The molecule has 1 saturated heterocycles. The molecule has 1 fully saturated rings. The van der Waals surface area contributed by atoms with Crippen molar-refractivity contribution in [2.75, 3.05) is 39.3 Å². The molecule has 0 radical (unpaired) electrons. The predicted molar refractivity (Wildman–Crippen MR) is 77.4 cm³/mol. The summed E-state index contributed by atoms with van der Waals surface area (Å²) in [5.74, 6) is -0.0215. The van der Waals surface area contributed by atoms with E-state index in [1.165, 1.54) is 4.90 Å². The Balaban J connectivity index is 1.84. The average molecular weight is 365 g/mol. The van der Waals surface area contributed by atoms with Crippen molar-refractivity contribution in [1.82, 2.24) is 9.80 Å². The molecule has 1 aliphatic rings. The lowest BCUT2D eigenvalue weighted by molar-refractivity contribution is -0.149. The van der Waals surface area contributed by atoms with Crippen molar-refractivity contribution < 1.29 is 18.0 Å². The minimum absolute atomic E-state index is 0.0215. The number of piperazine rings is 1. The van der Waals surface area contributed by atoms with Gasteiger partial charge in [-0.15, -0.1) is 0 Å². The summed E-state index contributed by atoms with van der Waals surface area (Å²) in [6.07, 6.45) is -4.16. The van der Waals surface area contributed by atoms with Crippen LogP contribution >= 0.6 is 15.9 Å². The summed E-state index contributed by atoms with van der Waals surface area (Å²) in [4.78, 5) is 15.5. The molecule has 0 aromatic heterocycles. The monoisotopic (exact) mass is 364 g/mol. The molecule has 1 aromatic carbocycles. The van der Waals surface area contributed by atoms with Crippen molar-refractivity contribution in [3.05, 3.63) is 34.3 Å². The standard InChI is InChI=1S/C14H16BrF3N2O/c15-12-4-2-1-3-11(12)13(21)9-19-5-7-20(8-6-19)10-14(16,17)18/h1-4H,5-10H2. The van der Waals surface area contributed by atoms with Gasteiger partial charge in [-0.3, -0.25) is 14.6 Å². The largest absolute Gasteiger partial charge is 0.401 e. The number of nitrogens with zero attached hydrogens (tertiary/aromatic N) is 2. The number of halogens is 4. The minimum Gasteiger partial charge on any atom is -0.293 e. The molecular formula is C14H16BrF3N2O. The lowest BCUT2D eigenvalue weighted by Gasteiger charge is -2.34. The third-order valence-electron chi connectivity index (χ3n) is 3.41.